The smallest absolute Gasteiger partial charge is 0.253 e. The maximum absolute atomic E-state index is 13.1. The van der Waals surface area contributed by atoms with Gasteiger partial charge in [-0.05, 0) is 56.0 Å². The number of aryl methyl sites for hydroxylation is 1. The van der Waals surface area contributed by atoms with Gasteiger partial charge in [0.2, 0.25) is 11.8 Å². The normalized spacial score (nSPS) is 15.5. The van der Waals surface area contributed by atoms with Crippen LogP contribution in [0.3, 0.4) is 0 Å². The van der Waals surface area contributed by atoms with Gasteiger partial charge < -0.3 is 19.4 Å². The molecule has 174 valence electrons. The first-order chi connectivity index (χ1) is 16.0. The van der Waals surface area contributed by atoms with Crippen molar-refractivity contribution in [1.82, 2.24) is 15.2 Å². The Bertz CT molecular complexity index is 1110. The number of nitrogens with zero attached hydrogens (tertiary/aromatic N) is 2. The van der Waals surface area contributed by atoms with Crippen LogP contribution in [0.25, 0.3) is 22.6 Å². The van der Waals surface area contributed by atoms with Gasteiger partial charge in [0.1, 0.15) is 5.52 Å². The zero-order valence-corrected chi connectivity index (χ0v) is 19.5. The maximum atomic E-state index is 13.1. The second-order valence-electron chi connectivity index (χ2n) is 8.77. The van der Waals surface area contributed by atoms with Gasteiger partial charge in [0.05, 0.1) is 6.61 Å². The monoisotopic (exact) mass is 449 g/mol. The van der Waals surface area contributed by atoms with Gasteiger partial charge in [-0.3, -0.25) is 9.59 Å². The highest BCUT2D eigenvalue weighted by atomic mass is 16.5. The van der Waals surface area contributed by atoms with Crippen LogP contribution in [-0.2, 0) is 9.53 Å². The lowest BCUT2D eigenvalue weighted by atomic mass is 9.84. The van der Waals surface area contributed by atoms with Gasteiger partial charge in [-0.25, -0.2) is 4.98 Å². The molecule has 0 spiro atoms. The maximum Gasteiger partial charge on any atom is 0.253 e. The average molecular weight is 450 g/mol. The highest BCUT2D eigenvalue weighted by Crippen LogP contribution is 2.28. The van der Waals surface area contributed by atoms with E-state index in [4.69, 9.17) is 9.15 Å². The summed E-state index contributed by atoms with van der Waals surface area (Å²) < 4.78 is 10.9. The minimum atomic E-state index is -0.0780. The van der Waals surface area contributed by atoms with Crippen LogP contribution in [0, 0.1) is 18.8 Å². The van der Waals surface area contributed by atoms with Crippen molar-refractivity contribution in [3.63, 3.8) is 0 Å². The van der Waals surface area contributed by atoms with E-state index in [1.807, 2.05) is 49.1 Å². The number of ether oxygens (including phenoxy) is 1. The molecule has 1 atom stereocenters. The molecule has 1 aliphatic rings. The van der Waals surface area contributed by atoms with Gasteiger partial charge in [0, 0.05) is 43.8 Å². The quantitative estimate of drug-likeness (QED) is 0.550. The summed E-state index contributed by atoms with van der Waals surface area (Å²) in [5.74, 6) is 0.788. The number of likely N-dealkylation sites (tertiary alicyclic amines) is 1. The van der Waals surface area contributed by atoms with Crippen LogP contribution in [0.15, 0.2) is 46.9 Å². The summed E-state index contributed by atoms with van der Waals surface area (Å²) in [6, 6.07) is 13.4. The molecule has 0 saturated carbocycles. The van der Waals surface area contributed by atoms with Crippen molar-refractivity contribution in [3.05, 3.63) is 53.6 Å². The van der Waals surface area contributed by atoms with Crippen molar-refractivity contribution in [2.24, 2.45) is 11.8 Å². The fourth-order valence-electron chi connectivity index (χ4n) is 4.32. The zero-order valence-electron chi connectivity index (χ0n) is 19.5. The third-order valence-corrected chi connectivity index (χ3v) is 6.49. The number of hydrogen-bond donors (Lipinski definition) is 1. The van der Waals surface area contributed by atoms with Gasteiger partial charge >= 0.3 is 0 Å². The predicted octanol–water partition coefficient (Wildman–Crippen LogP) is 4.05. The highest BCUT2D eigenvalue weighted by Gasteiger charge is 2.30. The van der Waals surface area contributed by atoms with Gasteiger partial charge in [-0.15, -0.1) is 0 Å². The second kappa shape index (κ2) is 10.2. The van der Waals surface area contributed by atoms with Gasteiger partial charge in [0.15, 0.2) is 5.58 Å². The standard InChI is InChI=1S/C26H31N3O4/c1-17-4-6-20(7-5-17)25-28-22-16-21(8-9-23(22)33-25)26(31)29-13-10-19(11-14-29)18(2)24(30)27-12-15-32-3/h4-9,16,18-19H,10-15H2,1-3H3,(H,27,30)/t18-/m1/s1. The molecule has 7 heteroatoms. The summed E-state index contributed by atoms with van der Waals surface area (Å²) in [6.07, 6.45) is 1.63. The van der Waals surface area contributed by atoms with E-state index >= 15 is 0 Å². The predicted molar refractivity (Wildman–Crippen MR) is 127 cm³/mol. The Balaban J connectivity index is 1.39. The number of aromatic nitrogens is 1. The highest BCUT2D eigenvalue weighted by molar-refractivity contribution is 5.97. The molecule has 1 aliphatic heterocycles. The molecule has 2 heterocycles. The Labute approximate surface area is 194 Å². The summed E-state index contributed by atoms with van der Waals surface area (Å²) in [5, 5.41) is 2.91. The third-order valence-electron chi connectivity index (χ3n) is 6.49. The van der Waals surface area contributed by atoms with Gasteiger partial charge in [-0.2, -0.15) is 0 Å². The van der Waals surface area contributed by atoms with Gasteiger partial charge in [0.25, 0.3) is 5.91 Å². The first kappa shape index (κ1) is 23.0. The van der Waals surface area contributed by atoms with E-state index in [9.17, 15) is 9.59 Å². The van der Waals surface area contributed by atoms with E-state index < -0.39 is 0 Å². The van der Waals surface area contributed by atoms with Crippen LogP contribution >= 0.6 is 0 Å². The summed E-state index contributed by atoms with van der Waals surface area (Å²) in [7, 11) is 1.62. The average Bonchev–Trinajstić information content (AvgIpc) is 3.27. The number of carbonyl (C=O) groups excluding carboxylic acids is 2. The van der Waals surface area contributed by atoms with E-state index in [0.29, 0.717) is 48.8 Å². The number of nitrogens with one attached hydrogen (secondary N) is 1. The Morgan fingerprint density at radius 1 is 1.18 bits per heavy atom. The third kappa shape index (κ3) is 5.25. The van der Waals surface area contributed by atoms with Crippen LogP contribution in [0.2, 0.25) is 0 Å². The fraction of sp³-hybridized carbons (Fsp3) is 0.423. The number of hydrogen-bond acceptors (Lipinski definition) is 5. The molecule has 0 bridgehead atoms. The largest absolute Gasteiger partial charge is 0.436 e. The fourth-order valence-corrected chi connectivity index (χ4v) is 4.32. The summed E-state index contributed by atoms with van der Waals surface area (Å²) >= 11 is 0. The second-order valence-corrected chi connectivity index (χ2v) is 8.77. The van der Waals surface area contributed by atoms with E-state index in [1.165, 1.54) is 5.56 Å². The topological polar surface area (TPSA) is 84.7 Å². The SMILES string of the molecule is COCCNC(=O)[C@H](C)C1CCN(C(=O)c2ccc3oc(-c4ccc(C)cc4)nc3c2)CC1. The molecular weight excluding hydrogens is 418 g/mol. The Morgan fingerprint density at radius 2 is 1.91 bits per heavy atom. The van der Waals surface area contributed by atoms with E-state index in [0.717, 1.165) is 18.4 Å². The number of piperidine rings is 1. The molecule has 0 radical (unpaired) electrons. The summed E-state index contributed by atoms with van der Waals surface area (Å²) in [6.45, 7) is 6.32. The molecule has 0 unspecified atom stereocenters. The number of benzene rings is 2. The Hall–Kier alpha value is -3.19. The van der Waals surface area contributed by atoms with Crippen LogP contribution in [-0.4, -0.2) is 55.0 Å². The van der Waals surface area contributed by atoms with E-state index in [-0.39, 0.29) is 23.7 Å². The molecule has 1 N–H and O–H groups in total. The molecule has 2 amide bonds. The molecule has 3 aromatic rings. The molecule has 2 aromatic carbocycles. The molecular formula is C26H31N3O4. The molecule has 7 nitrogen and oxygen atoms in total. The van der Waals surface area contributed by atoms with Crippen molar-refractivity contribution in [1.29, 1.82) is 0 Å². The molecule has 1 aromatic heterocycles. The molecule has 0 aliphatic carbocycles. The number of fused-ring (bicyclic) bond motifs is 1. The van der Waals surface area contributed by atoms with Crippen LogP contribution < -0.4 is 5.32 Å². The van der Waals surface area contributed by atoms with Crippen LogP contribution in [0.4, 0.5) is 0 Å². The Kier molecular flexibility index (Phi) is 7.08. The van der Waals surface area contributed by atoms with Crippen molar-refractivity contribution in [2.75, 3.05) is 33.4 Å². The Morgan fingerprint density at radius 3 is 2.61 bits per heavy atom. The summed E-state index contributed by atoms with van der Waals surface area (Å²) in [4.78, 5) is 31.9. The summed E-state index contributed by atoms with van der Waals surface area (Å²) in [5.41, 5.74) is 4.02. The van der Waals surface area contributed by atoms with Crippen molar-refractivity contribution in [2.45, 2.75) is 26.7 Å². The number of methoxy groups -OCH3 is 1. The molecule has 1 saturated heterocycles. The lowest BCUT2D eigenvalue weighted by Gasteiger charge is -2.34. The lowest BCUT2D eigenvalue weighted by molar-refractivity contribution is -0.126. The molecule has 33 heavy (non-hydrogen) atoms. The van der Waals surface area contributed by atoms with Gasteiger partial charge in [-0.1, -0.05) is 24.6 Å². The van der Waals surface area contributed by atoms with Crippen LogP contribution in [0.5, 0.6) is 0 Å². The lowest BCUT2D eigenvalue weighted by Crippen LogP contribution is -2.43. The molecule has 4 rings (SSSR count). The zero-order chi connectivity index (χ0) is 23.4. The first-order valence-electron chi connectivity index (χ1n) is 11.5. The van der Waals surface area contributed by atoms with Crippen LogP contribution in [0.1, 0.15) is 35.7 Å². The van der Waals surface area contributed by atoms with Crippen molar-refractivity contribution < 1.29 is 18.7 Å². The minimum Gasteiger partial charge on any atom is -0.436 e. The number of carbonyl (C=O) groups is 2. The van der Waals surface area contributed by atoms with E-state index in [2.05, 4.69) is 10.3 Å². The minimum absolute atomic E-state index is 0.00700. The van der Waals surface area contributed by atoms with E-state index in [1.54, 1.807) is 19.2 Å². The number of oxazole rings is 1. The molecule has 1 fully saturated rings. The number of amides is 2. The van der Waals surface area contributed by atoms with Crippen molar-refractivity contribution >= 4 is 22.9 Å². The van der Waals surface area contributed by atoms with Crippen molar-refractivity contribution in [3.8, 4) is 11.5 Å². The number of rotatable bonds is 7. The first-order valence-corrected chi connectivity index (χ1v) is 11.5.